The minimum Gasteiger partial charge on any atom is -0.378 e. The topological polar surface area (TPSA) is 42.4 Å². The van der Waals surface area contributed by atoms with Crippen LogP contribution in [0.4, 0.5) is 0 Å². The number of hydrogen-bond acceptors (Lipinski definition) is 4. The Labute approximate surface area is 140 Å². The third-order valence-corrected chi connectivity index (χ3v) is 6.06. The van der Waals surface area contributed by atoms with Gasteiger partial charge in [-0.2, -0.15) is 0 Å². The molecule has 2 aliphatic rings. The van der Waals surface area contributed by atoms with Gasteiger partial charge in [0.05, 0.1) is 27.7 Å². The molecule has 5 heteroatoms. The molecule has 2 aliphatic heterocycles. The molecule has 0 unspecified atom stereocenters. The van der Waals surface area contributed by atoms with E-state index < -0.39 is 0 Å². The first-order valence-corrected chi connectivity index (χ1v) is 9.36. The molecule has 23 heavy (non-hydrogen) atoms. The highest BCUT2D eigenvalue weighted by atomic mass is 32.1. The molecular weight excluding hydrogens is 308 g/mol. The maximum absolute atomic E-state index is 12.5. The van der Waals surface area contributed by atoms with Crippen molar-refractivity contribution in [3.8, 4) is 0 Å². The van der Waals surface area contributed by atoms with Crippen molar-refractivity contribution in [1.82, 2.24) is 9.88 Å². The Balaban J connectivity index is 1.44. The van der Waals surface area contributed by atoms with Crippen LogP contribution in [0.1, 0.15) is 43.0 Å². The largest absolute Gasteiger partial charge is 0.378 e. The van der Waals surface area contributed by atoms with Crippen molar-refractivity contribution in [2.75, 3.05) is 19.7 Å². The van der Waals surface area contributed by atoms with Gasteiger partial charge in [-0.05, 0) is 37.8 Å². The number of fused-ring (bicyclic) bond motifs is 1. The summed E-state index contributed by atoms with van der Waals surface area (Å²) in [5.41, 5.74) is 1.08. The van der Waals surface area contributed by atoms with Crippen LogP contribution >= 0.6 is 11.3 Å². The summed E-state index contributed by atoms with van der Waals surface area (Å²) >= 11 is 1.78. The molecule has 2 aromatic rings. The van der Waals surface area contributed by atoms with E-state index in [0.29, 0.717) is 12.3 Å². The molecule has 0 bridgehead atoms. The molecule has 0 N–H and O–H groups in total. The highest BCUT2D eigenvalue weighted by Crippen LogP contribution is 2.33. The predicted octanol–water partition coefficient (Wildman–Crippen LogP) is 3.57. The lowest BCUT2D eigenvalue weighted by Crippen LogP contribution is -2.40. The third kappa shape index (κ3) is 3.26. The van der Waals surface area contributed by atoms with Gasteiger partial charge >= 0.3 is 0 Å². The first-order chi connectivity index (χ1) is 11.3. The molecule has 0 spiro atoms. The lowest BCUT2D eigenvalue weighted by atomic mass is 9.98. The fourth-order valence-corrected chi connectivity index (χ4v) is 4.69. The van der Waals surface area contributed by atoms with E-state index in [9.17, 15) is 4.79 Å². The number of para-hydroxylation sites is 1. The molecular formula is C18H22N2O2S. The average Bonchev–Trinajstić information content (AvgIpc) is 3.24. The normalized spacial score (nSPS) is 25.1. The Bertz CT molecular complexity index is 660. The number of piperidine rings is 1. The summed E-state index contributed by atoms with van der Waals surface area (Å²) in [5.74, 6) is 0.636. The number of nitrogens with zero attached hydrogens (tertiary/aromatic N) is 2. The molecule has 2 fully saturated rings. The van der Waals surface area contributed by atoms with Crippen molar-refractivity contribution in [2.45, 2.75) is 44.1 Å². The molecule has 1 amide bonds. The number of aromatic nitrogens is 1. The maximum atomic E-state index is 12.5. The van der Waals surface area contributed by atoms with Crippen molar-refractivity contribution in [3.05, 3.63) is 29.3 Å². The second kappa shape index (κ2) is 6.57. The van der Waals surface area contributed by atoms with Crippen LogP contribution in [0.5, 0.6) is 0 Å². The van der Waals surface area contributed by atoms with E-state index in [4.69, 9.17) is 9.72 Å². The zero-order valence-electron chi connectivity index (χ0n) is 13.2. The molecule has 0 aliphatic carbocycles. The molecule has 4 nitrogen and oxygen atoms in total. The van der Waals surface area contributed by atoms with Gasteiger partial charge in [0.1, 0.15) is 0 Å². The van der Waals surface area contributed by atoms with E-state index in [-0.39, 0.29) is 12.0 Å². The zero-order chi connectivity index (χ0) is 15.6. The Morgan fingerprint density at radius 1 is 1.30 bits per heavy atom. The first kappa shape index (κ1) is 15.1. The summed E-state index contributed by atoms with van der Waals surface area (Å²) < 4.78 is 6.85. The van der Waals surface area contributed by atoms with Crippen molar-refractivity contribution < 1.29 is 9.53 Å². The van der Waals surface area contributed by atoms with Crippen LogP contribution in [-0.2, 0) is 9.53 Å². The van der Waals surface area contributed by atoms with Gasteiger partial charge in [-0.25, -0.2) is 4.98 Å². The maximum Gasteiger partial charge on any atom is 0.225 e. The Morgan fingerprint density at radius 3 is 3.04 bits per heavy atom. The fraction of sp³-hybridized carbons (Fsp3) is 0.556. The van der Waals surface area contributed by atoms with Gasteiger partial charge in [-0.15, -0.1) is 11.3 Å². The van der Waals surface area contributed by atoms with Crippen LogP contribution in [0.25, 0.3) is 10.2 Å². The van der Waals surface area contributed by atoms with E-state index >= 15 is 0 Å². The number of thiazole rings is 1. The number of carbonyl (C=O) groups excluding carboxylic acids is 1. The first-order valence-electron chi connectivity index (χ1n) is 8.54. The number of amides is 1. The van der Waals surface area contributed by atoms with Crippen LogP contribution in [0.3, 0.4) is 0 Å². The number of rotatable bonds is 3. The van der Waals surface area contributed by atoms with E-state index in [1.807, 2.05) is 11.0 Å². The van der Waals surface area contributed by atoms with Gasteiger partial charge in [0, 0.05) is 25.6 Å². The van der Waals surface area contributed by atoms with Gasteiger partial charge in [-0.1, -0.05) is 12.1 Å². The van der Waals surface area contributed by atoms with Crippen LogP contribution in [0.15, 0.2) is 24.3 Å². The second-order valence-electron chi connectivity index (χ2n) is 6.54. The summed E-state index contributed by atoms with van der Waals surface area (Å²) in [5, 5.41) is 1.18. The van der Waals surface area contributed by atoms with Crippen LogP contribution in [0.2, 0.25) is 0 Å². The highest BCUT2D eigenvalue weighted by molar-refractivity contribution is 7.18. The predicted molar refractivity (Wildman–Crippen MR) is 91.8 cm³/mol. The van der Waals surface area contributed by atoms with Gasteiger partial charge in [0.25, 0.3) is 0 Å². The third-order valence-electron chi connectivity index (χ3n) is 4.86. The standard InChI is InChI=1S/C18H22N2O2S/c21-17(11-14-6-4-10-22-14)20-9-3-5-13(12-20)18-19-15-7-1-2-8-16(15)23-18/h1-2,7-8,13-14H,3-6,9-12H2/t13-,14-/m1/s1. The second-order valence-corrected chi connectivity index (χ2v) is 7.60. The SMILES string of the molecule is O=C(C[C@H]1CCCO1)N1CCC[C@@H](c2nc3ccccc3s2)C1. The Hall–Kier alpha value is -1.46. The number of hydrogen-bond donors (Lipinski definition) is 0. The van der Waals surface area contributed by atoms with Gasteiger partial charge in [0.2, 0.25) is 5.91 Å². The number of benzene rings is 1. The summed E-state index contributed by atoms with van der Waals surface area (Å²) in [4.78, 5) is 19.4. The number of carbonyl (C=O) groups is 1. The molecule has 1 aromatic carbocycles. The zero-order valence-corrected chi connectivity index (χ0v) is 14.1. The smallest absolute Gasteiger partial charge is 0.225 e. The molecule has 4 rings (SSSR count). The number of ether oxygens (including phenoxy) is 1. The van der Waals surface area contributed by atoms with E-state index in [1.165, 1.54) is 9.71 Å². The fourth-order valence-electron chi connectivity index (χ4n) is 3.60. The van der Waals surface area contributed by atoms with Crippen LogP contribution < -0.4 is 0 Å². The van der Waals surface area contributed by atoms with E-state index in [0.717, 1.165) is 50.9 Å². The van der Waals surface area contributed by atoms with E-state index in [1.54, 1.807) is 11.3 Å². The Kier molecular flexibility index (Phi) is 4.31. The number of likely N-dealkylation sites (tertiary alicyclic amines) is 1. The highest BCUT2D eigenvalue weighted by Gasteiger charge is 2.29. The molecule has 1 aromatic heterocycles. The molecule has 2 saturated heterocycles. The summed E-state index contributed by atoms with van der Waals surface area (Å²) in [6, 6.07) is 8.28. The molecule has 0 radical (unpaired) electrons. The average molecular weight is 330 g/mol. The molecule has 122 valence electrons. The molecule has 3 heterocycles. The Morgan fingerprint density at radius 2 is 2.22 bits per heavy atom. The quantitative estimate of drug-likeness (QED) is 0.864. The molecule has 2 atom stereocenters. The summed E-state index contributed by atoms with van der Waals surface area (Å²) in [7, 11) is 0. The van der Waals surface area contributed by atoms with Crippen molar-refractivity contribution in [1.29, 1.82) is 0 Å². The lowest BCUT2D eigenvalue weighted by molar-refractivity contribution is -0.134. The summed E-state index contributed by atoms with van der Waals surface area (Å²) in [6.45, 7) is 2.50. The van der Waals surface area contributed by atoms with Gasteiger partial charge in [0.15, 0.2) is 0 Å². The summed E-state index contributed by atoms with van der Waals surface area (Å²) in [6.07, 6.45) is 5.01. The van der Waals surface area contributed by atoms with Crippen molar-refractivity contribution in [2.24, 2.45) is 0 Å². The van der Waals surface area contributed by atoms with Crippen molar-refractivity contribution >= 4 is 27.5 Å². The van der Waals surface area contributed by atoms with Crippen molar-refractivity contribution in [3.63, 3.8) is 0 Å². The van der Waals surface area contributed by atoms with E-state index in [2.05, 4.69) is 18.2 Å². The van der Waals surface area contributed by atoms with Gasteiger partial charge < -0.3 is 9.64 Å². The van der Waals surface area contributed by atoms with Crippen LogP contribution in [0, 0.1) is 0 Å². The van der Waals surface area contributed by atoms with Crippen LogP contribution in [-0.4, -0.2) is 41.6 Å². The minimum atomic E-state index is 0.144. The van der Waals surface area contributed by atoms with Gasteiger partial charge in [-0.3, -0.25) is 4.79 Å². The monoisotopic (exact) mass is 330 g/mol. The lowest BCUT2D eigenvalue weighted by Gasteiger charge is -2.32. The minimum absolute atomic E-state index is 0.144. The molecule has 0 saturated carbocycles.